The van der Waals surface area contributed by atoms with Crippen molar-refractivity contribution in [1.82, 2.24) is 9.78 Å². The normalized spacial score (nSPS) is 11.1. The quantitative estimate of drug-likeness (QED) is 0.817. The number of rotatable bonds is 3. The highest BCUT2D eigenvalue weighted by molar-refractivity contribution is 7.79. The van der Waals surface area contributed by atoms with Crippen LogP contribution in [-0.2, 0) is 5.75 Å². The first-order valence-electron chi connectivity index (χ1n) is 5.88. The molecule has 3 heteroatoms. The minimum Gasteiger partial charge on any atom is -0.238 e. The Labute approximate surface area is 108 Å². The standard InChI is InChI=1S/C14H18N2S/c1-10(2)13-6-4-5-7-14(13)16-11(3)12(9-17)8-15-16/h4-8,10,17H,9H2,1-3H3. The average Bonchev–Trinajstić information content (AvgIpc) is 2.70. The van der Waals surface area contributed by atoms with Crippen molar-refractivity contribution in [2.75, 3.05) is 0 Å². The molecule has 90 valence electrons. The van der Waals surface area contributed by atoms with Gasteiger partial charge in [0.25, 0.3) is 0 Å². The van der Waals surface area contributed by atoms with E-state index in [1.807, 2.05) is 10.9 Å². The maximum atomic E-state index is 4.47. The molecule has 0 unspecified atom stereocenters. The van der Waals surface area contributed by atoms with Crippen LogP contribution < -0.4 is 0 Å². The summed E-state index contributed by atoms with van der Waals surface area (Å²) in [6.07, 6.45) is 1.90. The van der Waals surface area contributed by atoms with Crippen molar-refractivity contribution in [1.29, 1.82) is 0 Å². The molecule has 2 aromatic rings. The van der Waals surface area contributed by atoms with E-state index in [0.717, 1.165) is 5.75 Å². The molecule has 1 aromatic heterocycles. The third-order valence-electron chi connectivity index (χ3n) is 3.07. The number of nitrogens with zero attached hydrogens (tertiary/aromatic N) is 2. The molecule has 0 spiro atoms. The monoisotopic (exact) mass is 246 g/mol. The SMILES string of the molecule is Cc1c(CS)cnn1-c1ccccc1C(C)C. The van der Waals surface area contributed by atoms with Gasteiger partial charge in [0, 0.05) is 17.0 Å². The molecule has 0 fully saturated rings. The highest BCUT2D eigenvalue weighted by Gasteiger charge is 2.11. The van der Waals surface area contributed by atoms with Crippen LogP contribution >= 0.6 is 12.6 Å². The second-order valence-electron chi connectivity index (χ2n) is 4.54. The summed E-state index contributed by atoms with van der Waals surface area (Å²) < 4.78 is 2.01. The van der Waals surface area contributed by atoms with Gasteiger partial charge in [0.15, 0.2) is 0 Å². The molecule has 0 aliphatic carbocycles. The van der Waals surface area contributed by atoms with Crippen molar-refractivity contribution in [2.24, 2.45) is 0 Å². The molecule has 0 saturated carbocycles. The van der Waals surface area contributed by atoms with Crippen molar-refractivity contribution in [3.05, 3.63) is 47.3 Å². The number of hydrogen-bond acceptors (Lipinski definition) is 2. The Kier molecular flexibility index (Phi) is 3.57. The van der Waals surface area contributed by atoms with Gasteiger partial charge in [-0.3, -0.25) is 0 Å². The zero-order chi connectivity index (χ0) is 12.4. The van der Waals surface area contributed by atoms with Crippen LogP contribution in [0.5, 0.6) is 0 Å². The van der Waals surface area contributed by atoms with E-state index in [9.17, 15) is 0 Å². The number of thiol groups is 1. The lowest BCUT2D eigenvalue weighted by Crippen LogP contribution is -2.04. The van der Waals surface area contributed by atoms with Gasteiger partial charge in [-0.05, 0) is 24.5 Å². The molecule has 1 heterocycles. The minimum absolute atomic E-state index is 0.495. The van der Waals surface area contributed by atoms with Crippen LogP contribution in [0.4, 0.5) is 0 Å². The second kappa shape index (κ2) is 4.96. The molecule has 0 N–H and O–H groups in total. The first kappa shape index (κ1) is 12.2. The van der Waals surface area contributed by atoms with E-state index in [1.54, 1.807) is 0 Å². The fourth-order valence-corrected chi connectivity index (χ4v) is 2.32. The van der Waals surface area contributed by atoms with Gasteiger partial charge in [-0.15, -0.1) is 0 Å². The number of aromatic nitrogens is 2. The Morgan fingerprint density at radius 2 is 2.00 bits per heavy atom. The molecule has 2 rings (SSSR count). The third kappa shape index (κ3) is 2.25. The van der Waals surface area contributed by atoms with Crippen LogP contribution in [0.15, 0.2) is 30.5 Å². The summed E-state index contributed by atoms with van der Waals surface area (Å²) in [5.41, 5.74) is 4.86. The van der Waals surface area contributed by atoms with Crippen LogP contribution in [0.3, 0.4) is 0 Å². The van der Waals surface area contributed by atoms with Gasteiger partial charge in [0.1, 0.15) is 0 Å². The number of para-hydroxylation sites is 1. The highest BCUT2D eigenvalue weighted by Crippen LogP contribution is 2.24. The van der Waals surface area contributed by atoms with Crippen LogP contribution in [0.25, 0.3) is 5.69 Å². The molecule has 0 amide bonds. The Hall–Kier alpha value is -1.22. The maximum Gasteiger partial charge on any atom is 0.0683 e. The van der Waals surface area contributed by atoms with Gasteiger partial charge in [-0.25, -0.2) is 4.68 Å². The Morgan fingerprint density at radius 3 is 2.59 bits per heavy atom. The van der Waals surface area contributed by atoms with Crippen molar-refractivity contribution in [2.45, 2.75) is 32.4 Å². The highest BCUT2D eigenvalue weighted by atomic mass is 32.1. The molecule has 17 heavy (non-hydrogen) atoms. The number of hydrogen-bond donors (Lipinski definition) is 1. The number of benzene rings is 1. The molecule has 0 radical (unpaired) electrons. The van der Waals surface area contributed by atoms with Gasteiger partial charge in [-0.2, -0.15) is 17.7 Å². The molecule has 0 saturated heterocycles. The molecule has 2 nitrogen and oxygen atoms in total. The summed E-state index contributed by atoms with van der Waals surface area (Å²) in [7, 11) is 0. The summed E-state index contributed by atoms with van der Waals surface area (Å²) in [5, 5.41) is 4.47. The topological polar surface area (TPSA) is 17.8 Å². The van der Waals surface area contributed by atoms with Crippen LogP contribution in [-0.4, -0.2) is 9.78 Å². The van der Waals surface area contributed by atoms with Gasteiger partial charge in [0.2, 0.25) is 0 Å². The van der Waals surface area contributed by atoms with Crippen molar-refractivity contribution < 1.29 is 0 Å². The summed E-state index contributed by atoms with van der Waals surface area (Å²) in [4.78, 5) is 0. The van der Waals surface area contributed by atoms with Crippen molar-refractivity contribution in [3.8, 4) is 5.69 Å². The fourth-order valence-electron chi connectivity index (χ4n) is 2.01. The molecule has 0 aliphatic heterocycles. The van der Waals surface area contributed by atoms with Crippen molar-refractivity contribution >= 4 is 12.6 Å². The first-order valence-corrected chi connectivity index (χ1v) is 6.52. The van der Waals surface area contributed by atoms with Gasteiger partial charge in [-0.1, -0.05) is 32.0 Å². The van der Waals surface area contributed by atoms with Gasteiger partial charge in [0.05, 0.1) is 11.9 Å². The smallest absolute Gasteiger partial charge is 0.0683 e. The van der Waals surface area contributed by atoms with E-state index in [0.29, 0.717) is 5.92 Å². The molecular formula is C14H18N2S. The van der Waals surface area contributed by atoms with E-state index in [1.165, 1.54) is 22.5 Å². The van der Waals surface area contributed by atoms with E-state index in [-0.39, 0.29) is 0 Å². The Bertz CT molecular complexity index is 515. The Balaban J connectivity index is 2.56. The van der Waals surface area contributed by atoms with E-state index in [4.69, 9.17) is 0 Å². The van der Waals surface area contributed by atoms with E-state index < -0.39 is 0 Å². The summed E-state index contributed by atoms with van der Waals surface area (Å²) in [5.74, 6) is 1.23. The maximum absolute atomic E-state index is 4.47. The third-order valence-corrected chi connectivity index (χ3v) is 3.41. The molecule has 0 bridgehead atoms. The lowest BCUT2D eigenvalue weighted by molar-refractivity contribution is 0.792. The molecule has 0 aliphatic rings. The molecular weight excluding hydrogens is 228 g/mol. The van der Waals surface area contributed by atoms with Gasteiger partial charge < -0.3 is 0 Å². The predicted molar refractivity (Wildman–Crippen MR) is 75.1 cm³/mol. The van der Waals surface area contributed by atoms with E-state index >= 15 is 0 Å². The van der Waals surface area contributed by atoms with Crippen LogP contribution in [0.1, 0.15) is 36.6 Å². The molecule has 1 aromatic carbocycles. The summed E-state index contributed by atoms with van der Waals surface area (Å²) in [6.45, 7) is 6.50. The zero-order valence-electron chi connectivity index (χ0n) is 10.5. The largest absolute Gasteiger partial charge is 0.238 e. The predicted octanol–water partition coefficient (Wildman–Crippen LogP) is 3.73. The minimum atomic E-state index is 0.495. The van der Waals surface area contributed by atoms with Crippen LogP contribution in [0, 0.1) is 6.92 Å². The summed E-state index contributed by atoms with van der Waals surface area (Å²) >= 11 is 4.32. The Morgan fingerprint density at radius 1 is 1.29 bits per heavy atom. The fraction of sp³-hybridized carbons (Fsp3) is 0.357. The summed E-state index contributed by atoms with van der Waals surface area (Å²) in [6, 6.07) is 8.43. The zero-order valence-corrected chi connectivity index (χ0v) is 11.4. The van der Waals surface area contributed by atoms with Gasteiger partial charge >= 0.3 is 0 Å². The van der Waals surface area contributed by atoms with Crippen LogP contribution in [0.2, 0.25) is 0 Å². The second-order valence-corrected chi connectivity index (χ2v) is 4.85. The van der Waals surface area contributed by atoms with E-state index in [2.05, 4.69) is 62.8 Å². The van der Waals surface area contributed by atoms with Crippen molar-refractivity contribution in [3.63, 3.8) is 0 Å². The first-order chi connectivity index (χ1) is 8.15. The lowest BCUT2D eigenvalue weighted by atomic mass is 10.0. The average molecular weight is 246 g/mol. The lowest BCUT2D eigenvalue weighted by Gasteiger charge is -2.14. The molecule has 0 atom stereocenters.